The van der Waals surface area contributed by atoms with Crippen molar-refractivity contribution in [1.29, 1.82) is 0 Å². The molecule has 0 fully saturated rings. The molecule has 1 rings (SSSR count). The van der Waals surface area contributed by atoms with E-state index in [2.05, 4.69) is 5.16 Å². The second kappa shape index (κ2) is 5.72. The van der Waals surface area contributed by atoms with E-state index >= 15 is 0 Å². The first-order valence-corrected chi connectivity index (χ1v) is 5.16. The SMILES string of the molecule is C/C(=N\OCC(N)=O)c1ccc(Cl)c(Cl)c1. The number of hydrogen-bond acceptors (Lipinski definition) is 3. The summed E-state index contributed by atoms with van der Waals surface area (Å²) in [4.78, 5) is 15.1. The number of benzene rings is 1. The van der Waals surface area contributed by atoms with Crippen LogP contribution in [0.5, 0.6) is 0 Å². The van der Waals surface area contributed by atoms with Crippen molar-refractivity contribution in [2.45, 2.75) is 6.92 Å². The van der Waals surface area contributed by atoms with Gasteiger partial charge in [-0.05, 0) is 19.1 Å². The van der Waals surface area contributed by atoms with Crippen LogP contribution in [0.1, 0.15) is 12.5 Å². The van der Waals surface area contributed by atoms with Crippen molar-refractivity contribution in [1.82, 2.24) is 0 Å². The number of primary amides is 1. The Labute approximate surface area is 103 Å². The summed E-state index contributed by atoms with van der Waals surface area (Å²) in [6.07, 6.45) is 0. The average molecular weight is 261 g/mol. The summed E-state index contributed by atoms with van der Waals surface area (Å²) >= 11 is 11.6. The number of carbonyl (C=O) groups is 1. The van der Waals surface area contributed by atoms with Gasteiger partial charge in [0.2, 0.25) is 0 Å². The van der Waals surface area contributed by atoms with Gasteiger partial charge in [0.25, 0.3) is 5.91 Å². The highest BCUT2D eigenvalue weighted by Gasteiger charge is 2.03. The molecule has 0 atom stereocenters. The fraction of sp³-hybridized carbons (Fsp3) is 0.200. The van der Waals surface area contributed by atoms with E-state index < -0.39 is 5.91 Å². The lowest BCUT2D eigenvalue weighted by molar-refractivity contribution is -0.122. The molecule has 1 amide bonds. The lowest BCUT2D eigenvalue weighted by atomic mass is 10.1. The van der Waals surface area contributed by atoms with Gasteiger partial charge in [0.05, 0.1) is 15.8 Å². The number of halogens is 2. The second-order valence-electron chi connectivity index (χ2n) is 3.05. The molecule has 0 aliphatic heterocycles. The van der Waals surface area contributed by atoms with E-state index in [1.54, 1.807) is 25.1 Å². The summed E-state index contributed by atoms with van der Waals surface area (Å²) in [7, 11) is 0. The van der Waals surface area contributed by atoms with Crippen molar-refractivity contribution in [3.63, 3.8) is 0 Å². The molecule has 2 N–H and O–H groups in total. The molecule has 86 valence electrons. The zero-order valence-electron chi connectivity index (χ0n) is 8.54. The van der Waals surface area contributed by atoms with Crippen molar-refractivity contribution in [3.8, 4) is 0 Å². The van der Waals surface area contributed by atoms with Gasteiger partial charge in [-0.2, -0.15) is 0 Å². The number of amides is 1. The van der Waals surface area contributed by atoms with Crippen LogP contribution >= 0.6 is 23.2 Å². The maximum atomic E-state index is 10.4. The molecule has 0 bridgehead atoms. The fourth-order valence-corrected chi connectivity index (χ4v) is 1.26. The maximum Gasteiger partial charge on any atom is 0.258 e. The molecule has 6 heteroatoms. The zero-order valence-corrected chi connectivity index (χ0v) is 10.0. The maximum absolute atomic E-state index is 10.4. The minimum Gasteiger partial charge on any atom is -0.385 e. The van der Waals surface area contributed by atoms with Crippen LogP contribution in [-0.4, -0.2) is 18.2 Å². The number of rotatable bonds is 4. The van der Waals surface area contributed by atoms with Crippen LogP contribution in [0, 0.1) is 0 Å². The van der Waals surface area contributed by atoms with E-state index in [9.17, 15) is 4.79 Å². The van der Waals surface area contributed by atoms with E-state index in [0.29, 0.717) is 15.8 Å². The topological polar surface area (TPSA) is 64.7 Å². The molecule has 0 saturated heterocycles. The molecule has 0 heterocycles. The third kappa shape index (κ3) is 3.72. The van der Waals surface area contributed by atoms with Crippen molar-refractivity contribution < 1.29 is 9.63 Å². The minimum absolute atomic E-state index is 0.251. The normalized spacial score (nSPS) is 11.3. The van der Waals surface area contributed by atoms with Gasteiger partial charge in [-0.25, -0.2) is 0 Å². The molecular formula is C10H10Cl2N2O2. The first-order valence-electron chi connectivity index (χ1n) is 4.41. The lowest BCUT2D eigenvalue weighted by Gasteiger charge is -2.02. The Morgan fingerprint density at radius 2 is 2.12 bits per heavy atom. The van der Waals surface area contributed by atoms with Gasteiger partial charge in [-0.15, -0.1) is 0 Å². The van der Waals surface area contributed by atoms with Gasteiger partial charge in [0.15, 0.2) is 6.61 Å². The summed E-state index contributed by atoms with van der Waals surface area (Å²) in [5, 5.41) is 4.62. The summed E-state index contributed by atoms with van der Waals surface area (Å²) in [6.45, 7) is 1.47. The fourth-order valence-electron chi connectivity index (χ4n) is 0.967. The predicted octanol–water partition coefficient (Wildman–Crippen LogP) is 2.22. The molecule has 0 spiro atoms. The Balaban J connectivity index is 2.75. The monoisotopic (exact) mass is 260 g/mol. The predicted molar refractivity (Wildman–Crippen MR) is 63.8 cm³/mol. The van der Waals surface area contributed by atoms with E-state index in [1.165, 1.54) is 0 Å². The molecule has 0 aromatic heterocycles. The number of hydrogen-bond donors (Lipinski definition) is 1. The molecule has 0 aliphatic rings. The smallest absolute Gasteiger partial charge is 0.258 e. The summed E-state index contributed by atoms with van der Waals surface area (Å²) in [5.41, 5.74) is 6.24. The van der Waals surface area contributed by atoms with E-state index in [4.69, 9.17) is 33.8 Å². The molecule has 0 unspecified atom stereocenters. The van der Waals surface area contributed by atoms with Crippen molar-refractivity contribution in [3.05, 3.63) is 33.8 Å². The van der Waals surface area contributed by atoms with E-state index in [-0.39, 0.29) is 6.61 Å². The van der Waals surface area contributed by atoms with Crippen molar-refractivity contribution in [2.24, 2.45) is 10.9 Å². The molecular weight excluding hydrogens is 251 g/mol. The van der Waals surface area contributed by atoms with Crippen LogP contribution in [-0.2, 0) is 9.63 Å². The molecule has 0 aliphatic carbocycles. The Hall–Kier alpha value is -1.26. The van der Waals surface area contributed by atoms with Crippen molar-refractivity contribution >= 4 is 34.8 Å². The van der Waals surface area contributed by atoms with E-state index in [0.717, 1.165) is 5.56 Å². The van der Waals surface area contributed by atoms with E-state index in [1.807, 2.05) is 0 Å². The van der Waals surface area contributed by atoms with Gasteiger partial charge < -0.3 is 10.6 Å². The first-order chi connectivity index (χ1) is 7.50. The Bertz CT molecular complexity index is 433. The summed E-state index contributed by atoms with van der Waals surface area (Å²) < 4.78 is 0. The van der Waals surface area contributed by atoms with Crippen molar-refractivity contribution in [2.75, 3.05) is 6.61 Å². The van der Waals surface area contributed by atoms with Gasteiger partial charge in [-0.1, -0.05) is 34.4 Å². The van der Waals surface area contributed by atoms with Gasteiger partial charge in [-0.3, -0.25) is 4.79 Å². The third-order valence-corrected chi connectivity index (χ3v) is 2.48. The van der Waals surface area contributed by atoms with Crippen LogP contribution in [0.3, 0.4) is 0 Å². The highest BCUT2D eigenvalue weighted by atomic mass is 35.5. The lowest BCUT2D eigenvalue weighted by Crippen LogP contribution is -2.16. The van der Waals surface area contributed by atoms with Crippen LogP contribution in [0.2, 0.25) is 10.0 Å². The molecule has 1 aromatic rings. The summed E-state index contributed by atoms with van der Waals surface area (Å²) in [5.74, 6) is -0.578. The molecule has 16 heavy (non-hydrogen) atoms. The number of nitrogens with two attached hydrogens (primary N) is 1. The van der Waals surface area contributed by atoms with Gasteiger partial charge >= 0.3 is 0 Å². The van der Waals surface area contributed by atoms with Crippen LogP contribution in [0.4, 0.5) is 0 Å². The second-order valence-corrected chi connectivity index (χ2v) is 3.86. The first kappa shape index (κ1) is 12.8. The average Bonchev–Trinajstić information content (AvgIpc) is 2.21. The summed E-state index contributed by atoms with van der Waals surface area (Å²) in [6, 6.07) is 5.07. The Morgan fingerprint density at radius 3 is 2.69 bits per heavy atom. The van der Waals surface area contributed by atoms with Crippen LogP contribution in [0.25, 0.3) is 0 Å². The molecule has 0 saturated carbocycles. The molecule has 4 nitrogen and oxygen atoms in total. The highest BCUT2D eigenvalue weighted by Crippen LogP contribution is 2.22. The Morgan fingerprint density at radius 1 is 1.44 bits per heavy atom. The quantitative estimate of drug-likeness (QED) is 0.667. The van der Waals surface area contributed by atoms with Crippen LogP contribution in [0.15, 0.2) is 23.4 Å². The number of oxime groups is 1. The van der Waals surface area contributed by atoms with Gasteiger partial charge in [0, 0.05) is 5.56 Å². The zero-order chi connectivity index (χ0) is 12.1. The third-order valence-electron chi connectivity index (χ3n) is 1.75. The number of carbonyl (C=O) groups excluding carboxylic acids is 1. The highest BCUT2D eigenvalue weighted by molar-refractivity contribution is 6.42. The Kier molecular flexibility index (Phi) is 4.58. The minimum atomic E-state index is -0.578. The molecule has 1 aromatic carbocycles. The van der Waals surface area contributed by atoms with Gasteiger partial charge in [0.1, 0.15) is 0 Å². The molecule has 0 radical (unpaired) electrons. The number of nitrogens with zero attached hydrogens (tertiary/aromatic N) is 1. The largest absolute Gasteiger partial charge is 0.385 e. The standard InChI is InChI=1S/C10H10Cl2N2O2/c1-6(14-16-5-10(13)15)7-2-3-8(11)9(12)4-7/h2-4H,5H2,1H3,(H2,13,15)/b14-6+. The van der Waals surface area contributed by atoms with Crippen LogP contribution < -0.4 is 5.73 Å².